The van der Waals surface area contributed by atoms with E-state index in [0.717, 1.165) is 11.1 Å². The molecule has 2 aromatic carbocycles. The summed E-state index contributed by atoms with van der Waals surface area (Å²) in [4.78, 5) is 11.6. The highest BCUT2D eigenvalue weighted by molar-refractivity contribution is 5.71. The Bertz CT molecular complexity index is 638. The first-order valence-corrected chi connectivity index (χ1v) is 7.66. The number of hydrogen-bond donors (Lipinski definition) is 2. The van der Waals surface area contributed by atoms with Crippen LogP contribution in [0.15, 0.2) is 60.7 Å². The molecule has 2 N–H and O–H groups in total. The van der Waals surface area contributed by atoms with Gasteiger partial charge < -0.3 is 10.2 Å². The van der Waals surface area contributed by atoms with Gasteiger partial charge in [0.25, 0.3) is 0 Å². The molecule has 2 aromatic rings. The Morgan fingerprint density at radius 1 is 1.00 bits per heavy atom. The molecule has 114 valence electrons. The molecule has 3 nitrogen and oxygen atoms in total. The van der Waals surface area contributed by atoms with Crippen LogP contribution in [0.25, 0.3) is 0 Å². The first-order chi connectivity index (χ1) is 10.6. The second-order valence-electron chi connectivity index (χ2n) is 6.10. The Kier molecular flexibility index (Phi) is 3.99. The quantitative estimate of drug-likeness (QED) is 0.910. The van der Waals surface area contributed by atoms with E-state index in [9.17, 15) is 15.0 Å². The number of carbonyl (C=O) groups is 1. The van der Waals surface area contributed by atoms with E-state index in [0.29, 0.717) is 19.3 Å². The van der Waals surface area contributed by atoms with E-state index in [4.69, 9.17) is 0 Å². The molecule has 0 saturated heterocycles. The van der Waals surface area contributed by atoms with Crippen LogP contribution in [-0.2, 0) is 10.4 Å². The number of aliphatic carboxylic acids is 1. The van der Waals surface area contributed by atoms with Gasteiger partial charge in [0, 0.05) is 5.92 Å². The predicted molar refractivity (Wildman–Crippen MR) is 84.5 cm³/mol. The smallest absolute Gasteiger partial charge is 0.307 e. The molecule has 0 aromatic heterocycles. The standard InChI is InChI=1S/C19H20O3/c20-18(21)16-11-12-19(22,15-9-5-2-6-10-15)13-17(16)14-7-3-1-4-8-14/h1-10,16-17,22H,11-13H2,(H,20,21)/t16-,17+,19+/m1/s1. The van der Waals surface area contributed by atoms with E-state index in [1.807, 2.05) is 60.7 Å². The molecule has 1 aliphatic carbocycles. The molecule has 0 spiro atoms. The first kappa shape index (κ1) is 14.8. The Hall–Kier alpha value is -2.13. The van der Waals surface area contributed by atoms with Crippen molar-refractivity contribution in [3.05, 3.63) is 71.8 Å². The van der Waals surface area contributed by atoms with E-state index < -0.39 is 17.5 Å². The van der Waals surface area contributed by atoms with Crippen molar-refractivity contribution in [2.45, 2.75) is 30.8 Å². The van der Waals surface area contributed by atoms with Gasteiger partial charge in [0.1, 0.15) is 0 Å². The SMILES string of the molecule is O=C(O)[C@@H]1CC[C@@](O)(c2ccccc2)C[C@H]1c1ccccc1. The molecule has 3 heteroatoms. The van der Waals surface area contributed by atoms with Crippen molar-refractivity contribution < 1.29 is 15.0 Å². The second-order valence-corrected chi connectivity index (χ2v) is 6.10. The van der Waals surface area contributed by atoms with Crippen molar-refractivity contribution >= 4 is 5.97 Å². The molecular formula is C19H20O3. The number of aliphatic hydroxyl groups is 1. The summed E-state index contributed by atoms with van der Waals surface area (Å²) >= 11 is 0. The highest BCUT2D eigenvalue weighted by Crippen LogP contribution is 2.47. The van der Waals surface area contributed by atoms with Gasteiger partial charge in [-0.15, -0.1) is 0 Å². The average Bonchev–Trinajstić information content (AvgIpc) is 2.56. The van der Waals surface area contributed by atoms with Crippen LogP contribution in [0.3, 0.4) is 0 Å². The lowest BCUT2D eigenvalue weighted by atomic mass is 9.67. The fourth-order valence-electron chi connectivity index (χ4n) is 3.56. The van der Waals surface area contributed by atoms with Gasteiger partial charge in [0.15, 0.2) is 0 Å². The number of rotatable bonds is 3. The van der Waals surface area contributed by atoms with Crippen molar-refractivity contribution in [1.82, 2.24) is 0 Å². The predicted octanol–water partition coefficient (Wildman–Crippen LogP) is 3.54. The van der Waals surface area contributed by atoms with Gasteiger partial charge in [-0.3, -0.25) is 4.79 Å². The third kappa shape index (κ3) is 2.77. The third-order valence-corrected chi connectivity index (χ3v) is 4.77. The van der Waals surface area contributed by atoms with E-state index in [2.05, 4.69) is 0 Å². The van der Waals surface area contributed by atoms with Crippen LogP contribution < -0.4 is 0 Å². The molecule has 0 bridgehead atoms. The number of benzene rings is 2. The molecule has 0 aliphatic heterocycles. The fraction of sp³-hybridized carbons (Fsp3) is 0.316. The zero-order valence-electron chi connectivity index (χ0n) is 12.4. The van der Waals surface area contributed by atoms with Gasteiger partial charge in [-0.05, 0) is 30.4 Å². The lowest BCUT2D eigenvalue weighted by molar-refractivity contribution is -0.146. The van der Waals surface area contributed by atoms with Crippen molar-refractivity contribution in [2.24, 2.45) is 5.92 Å². The van der Waals surface area contributed by atoms with Crippen molar-refractivity contribution in [3.8, 4) is 0 Å². The molecule has 1 fully saturated rings. The molecule has 0 radical (unpaired) electrons. The van der Waals surface area contributed by atoms with Crippen molar-refractivity contribution in [3.63, 3.8) is 0 Å². The Morgan fingerprint density at radius 3 is 2.18 bits per heavy atom. The summed E-state index contributed by atoms with van der Waals surface area (Å²) in [5.74, 6) is -1.38. The van der Waals surface area contributed by atoms with Crippen molar-refractivity contribution in [2.75, 3.05) is 0 Å². The minimum absolute atomic E-state index is 0.169. The van der Waals surface area contributed by atoms with Crippen LogP contribution in [0.5, 0.6) is 0 Å². The molecule has 0 heterocycles. The second kappa shape index (κ2) is 5.93. The highest BCUT2D eigenvalue weighted by atomic mass is 16.4. The van der Waals surface area contributed by atoms with Crippen LogP contribution in [-0.4, -0.2) is 16.2 Å². The van der Waals surface area contributed by atoms with E-state index in [1.165, 1.54) is 0 Å². The van der Waals surface area contributed by atoms with Gasteiger partial charge >= 0.3 is 5.97 Å². The summed E-state index contributed by atoms with van der Waals surface area (Å²) in [7, 11) is 0. The van der Waals surface area contributed by atoms with Crippen LogP contribution in [0.2, 0.25) is 0 Å². The fourth-order valence-corrected chi connectivity index (χ4v) is 3.56. The van der Waals surface area contributed by atoms with E-state index >= 15 is 0 Å². The summed E-state index contributed by atoms with van der Waals surface area (Å²) < 4.78 is 0. The van der Waals surface area contributed by atoms with Crippen molar-refractivity contribution in [1.29, 1.82) is 0 Å². The first-order valence-electron chi connectivity index (χ1n) is 7.66. The molecule has 0 unspecified atom stereocenters. The van der Waals surface area contributed by atoms with Crippen LogP contribution in [0.4, 0.5) is 0 Å². The van der Waals surface area contributed by atoms with E-state index in [1.54, 1.807) is 0 Å². The summed E-state index contributed by atoms with van der Waals surface area (Å²) in [5.41, 5.74) is 0.914. The minimum atomic E-state index is -0.951. The maximum atomic E-state index is 11.6. The summed E-state index contributed by atoms with van der Waals surface area (Å²) in [6.45, 7) is 0. The lowest BCUT2D eigenvalue weighted by Gasteiger charge is -2.40. The zero-order valence-corrected chi connectivity index (χ0v) is 12.4. The third-order valence-electron chi connectivity index (χ3n) is 4.77. The van der Waals surface area contributed by atoms with Gasteiger partial charge in [-0.25, -0.2) is 0 Å². The topological polar surface area (TPSA) is 57.5 Å². The average molecular weight is 296 g/mol. The molecule has 1 aliphatic rings. The van der Waals surface area contributed by atoms with Crippen LogP contribution in [0, 0.1) is 5.92 Å². The van der Waals surface area contributed by atoms with Gasteiger partial charge in [-0.1, -0.05) is 60.7 Å². The maximum absolute atomic E-state index is 11.6. The van der Waals surface area contributed by atoms with Crippen LogP contribution >= 0.6 is 0 Å². The Balaban J connectivity index is 1.95. The molecular weight excluding hydrogens is 276 g/mol. The molecule has 3 atom stereocenters. The highest BCUT2D eigenvalue weighted by Gasteiger charge is 2.43. The molecule has 0 amide bonds. The molecule has 1 saturated carbocycles. The molecule has 22 heavy (non-hydrogen) atoms. The molecule has 3 rings (SSSR count). The normalized spacial score (nSPS) is 28.2. The summed E-state index contributed by atoms with van der Waals surface area (Å²) in [5, 5.41) is 20.6. The Morgan fingerprint density at radius 2 is 1.59 bits per heavy atom. The number of hydrogen-bond acceptors (Lipinski definition) is 2. The van der Waals surface area contributed by atoms with Gasteiger partial charge in [0.05, 0.1) is 11.5 Å². The number of carboxylic acids is 1. The van der Waals surface area contributed by atoms with Gasteiger partial charge in [-0.2, -0.15) is 0 Å². The lowest BCUT2D eigenvalue weighted by Crippen LogP contribution is -2.38. The maximum Gasteiger partial charge on any atom is 0.307 e. The zero-order chi connectivity index (χ0) is 15.6. The minimum Gasteiger partial charge on any atom is -0.481 e. The van der Waals surface area contributed by atoms with E-state index in [-0.39, 0.29) is 5.92 Å². The monoisotopic (exact) mass is 296 g/mol. The van der Waals surface area contributed by atoms with Gasteiger partial charge in [0.2, 0.25) is 0 Å². The Labute approximate surface area is 130 Å². The van der Waals surface area contributed by atoms with Crippen LogP contribution in [0.1, 0.15) is 36.3 Å². The summed E-state index contributed by atoms with van der Waals surface area (Å²) in [6, 6.07) is 19.3. The largest absolute Gasteiger partial charge is 0.481 e. The summed E-state index contributed by atoms with van der Waals surface area (Å²) in [6.07, 6.45) is 1.41. The number of carboxylic acid groups (broad SMARTS) is 1.